The average Bonchev–Trinajstić information content (AvgIpc) is 2.45. The Morgan fingerprint density at radius 2 is 1.75 bits per heavy atom. The fourth-order valence-corrected chi connectivity index (χ4v) is 1.97. The molecule has 2 aromatic carbocycles. The molecule has 3 N–H and O–H groups in total. The Bertz CT molecular complexity index is 632. The topological polar surface area (TPSA) is 64.7 Å². The van der Waals surface area contributed by atoms with Crippen molar-refractivity contribution in [1.29, 1.82) is 0 Å². The van der Waals surface area contributed by atoms with Gasteiger partial charge < -0.3 is 20.3 Å². The zero-order chi connectivity index (χ0) is 14.7. The highest BCUT2D eigenvalue weighted by atomic mass is 35.5. The lowest BCUT2D eigenvalue weighted by molar-refractivity contribution is 0.280. The predicted molar refractivity (Wildman–Crippen MR) is 79.9 cm³/mol. The van der Waals surface area contributed by atoms with Gasteiger partial charge in [0.05, 0.1) is 29.4 Å². The number of rotatable bonds is 4. The van der Waals surface area contributed by atoms with Crippen molar-refractivity contribution < 1.29 is 14.6 Å². The first-order valence-corrected chi connectivity index (χ1v) is 6.51. The van der Waals surface area contributed by atoms with Gasteiger partial charge in [0.2, 0.25) is 0 Å². The second-order valence-electron chi connectivity index (χ2n) is 4.05. The summed E-state index contributed by atoms with van der Waals surface area (Å²) < 4.78 is 10.9. The number of nitrogens with two attached hydrogens (primary N) is 1. The molecule has 0 amide bonds. The number of halogens is 2. The van der Waals surface area contributed by atoms with Gasteiger partial charge in [-0.1, -0.05) is 29.3 Å². The molecule has 6 heteroatoms. The largest absolute Gasteiger partial charge is 0.493 e. The second-order valence-corrected chi connectivity index (χ2v) is 4.86. The van der Waals surface area contributed by atoms with Crippen molar-refractivity contribution in [2.45, 2.75) is 6.61 Å². The molecule has 2 rings (SSSR count). The minimum Gasteiger partial charge on any atom is -0.493 e. The molecular weight excluding hydrogens is 301 g/mol. The molecule has 0 aliphatic carbocycles. The van der Waals surface area contributed by atoms with Gasteiger partial charge in [-0.15, -0.1) is 0 Å². The molecule has 0 spiro atoms. The van der Waals surface area contributed by atoms with Crippen molar-refractivity contribution in [3.63, 3.8) is 0 Å². The first kappa shape index (κ1) is 14.8. The Kier molecular flexibility index (Phi) is 4.60. The molecule has 0 aliphatic rings. The zero-order valence-corrected chi connectivity index (χ0v) is 12.2. The van der Waals surface area contributed by atoms with Crippen molar-refractivity contribution >= 4 is 28.9 Å². The van der Waals surface area contributed by atoms with Crippen LogP contribution in [0.4, 0.5) is 5.69 Å². The lowest BCUT2D eigenvalue weighted by Gasteiger charge is -2.13. The van der Waals surface area contributed by atoms with Gasteiger partial charge >= 0.3 is 0 Å². The first-order valence-electron chi connectivity index (χ1n) is 5.75. The van der Waals surface area contributed by atoms with Gasteiger partial charge in [-0.2, -0.15) is 0 Å². The summed E-state index contributed by atoms with van der Waals surface area (Å²) in [5.41, 5.74) is 6.92. The molecule has 0 fully saturated rings. The molecular formula is C14H13Cl2NO3. The van der Waals surface area contributed by atoms with E-state index in [0.29, 0.717) is 33.0 Å². The summed E-state index contributed by atoms with van der Waals surface area (Å²) in [4.78, 5) is 0. The van der Waals surface area contributed by atoms with Crippen molar-refractivity contribution in [2.24, 2.45) is 0 Å². The van der Waals surface area contributed by atoms with Crippen LogP contribution in [0.2, 0.25) is 10.0 Å². The molecule has 106 valence electrons. The molecule has 0 saturated heterocycles. The van der Waals surface area contributed by atoms with Crippen molar-refractivity contribution in [3.8, 4) is 17.2 Å². The van der Waals surface area contributed by atoms with Crippen LogP contribution in [-0.4, -0.2) is 12.2 Å². The maximum Gasteiger partial charge on any atom is 0.169 e. The molecule has 0 atom stereocenters. The summed E-state index contributed by atoms with van der Waals surface area (Å²) in [6.45, 7) is -0.0778. The second kappa shape index (κ2) is 6.22. The maximum absolute atomic E-state index is 9.10. The Labute approximate surface area is 126 Å². The van der Waals surface area contributed by atoms with E-state index in [9.17, 15) is 0 Å². The van der Waals surface area contributed by atoms with Crippen LogP contribution < -0.4 is 15.2 Å². The zero-order valence-electron chi connectivity index (χ0n) is 10.7. The van der Waals surface area contributed by atoms with Crippen LogP contribution >= 0.6 is 23.2 Å². The lowest BCUT2D eigenvalue weighted by atomic mass is 10.2. The van der Waals surface area contributed by atoms with E-state index in [1.54, 1.807) is 24.3 Å². The molecule has 0 aromatic heterocycles. The summed E-state index contributed by atoms with van der Waals surface area (Å²) in [6.07, 6.45) is 0. The molecule has 0 unspecified atom stereocenters. The van der Waals surface area contributed by atoms with Crippen LogP contribution in [0.3, 0.4) is 0 Å². The number of hydrogen-bond acceptors (Lipinski definition) is 4. The van der Waals surface area contributed by atoms with Crippen molar-refractivity contribution in [3.05, 3.63) is 45.9 Å². The predicted octanol–water partition coefficient (Wildman–Crippen LogP) is 3.87. The van der Waals surface area contributed by atoms with Gasteiger partial charge in [0.15, 0.2) is 17.2 Å². The SMILES string of the molecule is COc1cc(CO)ccc1Oc1cc(Cl)c(Cl)cc1N. The Hall–Kier alpha value is -1.62. The number of nitrogen functional groups attached to an aromatic ring is 1. The smallest absolute Gasteiger partial charge is 0.169 e. The van der Waals surface area contributed by atoms with E-state index in [4.69, 9.17) is 43.5 Å². The fraction of sp³-hybridized carbons (Fsp3) is 0.143. The van der Waals surface area contributed by atoms with Gasteiger partial charge in [-0.05, 0) is 23.8 Å². The molecule has 4 nitrogen and oxygen atoms in total. The molecule has 20 heavy (non-hydrogen) atoms. The molecule has 0 bridgehead atoms. The minimum atomic E-state index is -0.0778. The highest BCUT2D eigenvalue weighted by Gasteiger charge is 2.11. The van der Waals surface area contributed by atoms with Gasteiger partial charge in [-0.25, -0.2) is 0 Å². The number of methoxy groups -OCH3 is 1. The normalized spacial score (nSPS) is 10.4. The third-order valence-electron chi connectivity index (χ3n) is 2.68. The summed E-state index contributed by atoms with van der Waals surface area (Å²) >= 11 is 11.8. The lowest BCUT2D eigenvalue weighted by Crippen LogP contribution is -1.96. The molecule has 0 heterocycles. The monoisotopic (exact) mass is 313 g/mol. The third-order valence-corrected chi connectivity index (χ3v) is 3.41. The quantitative estimate of drug-likeness (QED) is 0.841. The Balaban J connectivity index is 2.37. The van der Waals surface area contributed by atoms with Gasteiger partial charge in [0.1, 0.15) is 0 Å². The van der Waals surface area contributed by atoms with Crippen LogP contribution in [-0.2, 0) is 6.61 Å². The van der Waals surface area contributed by atoms with E-state index in [1.165, 1.54) is 13.2 Å². The van der Waals surface area contributed by atoms with E-state index < -0.39 is 0 Å². The minimum absolute atomic E-state index is 0.0778. The van der Waals surface area contributed by atoms with E-state index in [1.807, 2.05) is 0 Å². The fourth-order valence-electron chi connectivity index (χ4n) is 1.65. The number of ether oxygens (including phenoxy) is 2. The third kappa shape index (κ3) is 3.10. The Morgan fingerprint density at radius 1 is 1.05 bits per heavy atom. The molecule has 0 saturated carbocycles. The van der Waals surface area contributed by atoms with Crippen LogP contribution in [0.25, 0.3) is 0 Å². The van der Waals surface area contributed by atoms with Crippen molar-refractivity contribution in [2.75, 3.05) is 12.8 Å². The van der Waals surface area contributed by atoms with Gasteiger partial charge in [-0.3, -0.25) is 0 Å². The molecule has 0 radical (unpaired) electrons. The van der Waals surface area contributed by atoms with E-state index in [2.05, 4.69) is 0 Å². The summed E-state index contributed by atoms with van der Waals surface area (Å²) in [5, 5.41) is 9.81. The summed E-state index contributed by atoms with van der Waals surface area (Å²) in [6, 6.07) is 8.16. The van der Waals surface area contributed by atoms with Crippen LogP contribution in [0, 0.1) is 0 Å². The number of aliphatic hydroxyl groups is 1. The van der Waals surface area contributed by atoms with E-state index in [-0.39, 0.29) is 6.61 Å². The maximum atomic E-state index is 9.10. The number of hydrogen-bond donors (Lipinski definition) is 2. The van der Waals surface area contributed by atoms with Crippen LogP contribution in [0.1, 0.15) is 5.56 Å². The Morgan fingerprint density at radius 3 is 2.40 bits per heavy atom. The standard InChI is InChI=1S/C14H13Cl2NO3/c1-19-14-4-8(7-18)2-3-12(14)20-13-6-10(16)9(15)5-11(13)17/h2-6,18H,7,17H2,1H3. The average molecular weight is 314 g/mol. The van der Waals surface area contributed by atoms with E-state index >= 15 is 0 Å². The van der Waals surface area contributed by atoms with Gasteiger partial charge in [0, 0.05) is 6.07 Å². The van der Waals surface area contributed by atoms with Gasteiger partial charge in [0.25, 0.3) is 0 Å². The van der Waals surface area contributed by atoms with Crippen LogP contribution in [0.5, 0.6) is 17.2 Å². The van der Waals surface area contributed by atoms with Crippen LogP contribution in [0.15, 0.2) is 30.3 Å². The molecule has 2 aromatic rings. The highest BCUT2D eigenvalue weighted by molar-refractivity contribution is 6.42. The first-order chi connectivity index (χ1) is 9.55. The number of aliphatic hydroxyl groups excluding tert-OH is 1. The van der Waals surface area contributed by atoms with Crippen molar-refractivity contribution in [1.82, 2.24) is 0 Å². The summed E-state index contributed by atoms with van der Waals surface area (Å²) in [7, 11) is 1.52. The molecule has 0 aliphatic heterocycles. The summed E-state index contributed by atoms with van der Waals surface area (Å²) in [5.74, 6) is 1.34. The highest BCUT2D eigenvalue weighted by Crippen LogP contribution is 2.38. The number of benzene rings is 2. The van der Waals surface area contributed by atoms with E-state index in [0.717, 1.165) is 5.56 Å². The number of anilines is 1.